The topological polar surface area (TPSA) is 111 Å². The summed E-state index contributed by atoms with van der Waals surface area (Å²) in [5.41, 5.74) is 1.54. The molecule has 0 spiro atoms. The van der Waals surface area contributed by atoms with E-state index in [2.05, 4.69) is 10.2 Å². The van der Waals surface area contributed by atoms with Crippen LogP contribution in [0.15, 0.2) is 42.5 Å². The van der Waals surface area contributed by atoms with E-state index >= 15 is 0 Å². The van der Waals surface area contributed by atoms with Gasteiger partial charge in [-0.25, -0.2) is 4.79 Å². The van der Waals surface area contributed by atoms with Gasteiger partial charge in [0, 0.05) is 36.1 Å². The largest absolute Gasteiger partial charge is 0.452 e. The standard InChI is InChI=1S/C23H27N3O6/c1-23(2,3)19-9-4-16(14-20(19)26(29)30)22(28)32-15-21(27)24-17-5-7-18(8-6-17)25-10-12-31-13-11-25/h4-9,14H,10-13,15H2,1-3H3,(H,24,27). The third-order valence-corrected chi connectivity index (χ3v) is 5.10. The summed E-state index contributed by atoms with van der Waals surface area (Å²) in [5, 5.41) is 14.1. The Bertz CT molecular complexity index is 992. The Morgan fingerprint density at radius 2 is 1.78 bits per heavy atom. The Kier molecular flexibility index (Phi) is 7.09. The smallest absolute Gasteiger partial charge is 0.338 e. The van der Waals surface area contributed by atoms with Crippen LogP contribution < -0.4 is 10.2 Å². The number of nitrogens with one attached hydrogen (secondary N) is 1. The maximum absolute atomic E-state index is 12.3. The second-order valence-corrected chi connectivity index (χ2v) is 8.51. The molecule has 0 atom stereocenters. The number of carbonyl (C=O) groups is 2. The zero-order valence-corrected chi connectivity index (χ0v) is 18.4. The predicted molar refractivity (Wildman–Crippen MR) is 120 cm³/mol. The number of nitrogens with zero attached hydrogens (tertiary/aromatic N) is 2. The van der Waals surface area contributed by atoms with Gasteiger partial charge in [0.2, 0.25) is 0 Å². The molecule has 1 amide bonds. The average Bonchev–Trinajstić information content (AvgIpc) is 2.77. The fourth-order valence-electron chi connectivity index (χ4n) is 3.43. The first-order chi connectivity index (χ1) is 15.1. The molecular formula is C23H27N3O6. The van der Waals surface area contributed by atoms with Crippen molar-refractivity contribution in [2.75, 3.05) is 43.1 Å². The summed E-state index contributed by atoms with van der Waals surface area (Å²) < 4.78 is 10.4. The first-order valence-electron chi connectivity index (χ1n) is 10.3. The van der Waals surface area contributed by atoms with Gasteiger partial charge >= 0.3 is 5.97 Å². The van der Waals surface area contributed by atoms with E-state index in [1.807, 2.05) is 32.9 Å². The average molecular weight is 441 g/mol. The minimum Gasteiger partial charge on any atom is -0.452 e. The van der Waals surface area contributed by atoms with Gasteiger partial charge in [0.05, 0.1) is 23.7 Å². The Balaban J connectivity index is 1.57. The zero-order chi connectivity index (χ0) is 23.3. The lowest BCUT2D eigenvalue weighted by molar-refractivity contribution is -0.386. The molecule has 0 unspecified atom stereocenters. The van der Waals surface area contributed by atoms with Crippen molar-refractivity contribution in [3.8, 4) is 0 Å². The number of rotatable bonds is 6. The molecule has 0 aliphatic carbocycles. The number of amides is 1. The van der Waals surface area contributed by atoms with Gasteiger partial charge in [-0.2, -0.15) is 0 Å². The summed E-state index contributed by atoms with van der Waals surface area (Å²) in [6.45, 7) is 8.06. The first-order valence-corrected chi connectivity index (χ1v) is 10.3. The Morgan fingerprint density at radius 1 is 1.12 bits per heavy atom. The number of morpholine rings is 1. The van der Waals surface area contributed by atoms with E-state index in [1.54, 1.807) is 18.2 Å². The number of hydrogen-bond donors (Lipinski definition) is 1. The van der Waals surface area contributed by atoms with Crippen molar-refractivity contribution in [2.24, 2.45) is 0 Å². The number of nitro benzene ring substituents is 1. The molecule has 0 saturated carbocycles. The van der Waals surface area contributed by atoms with Gasteiger partial charge < -0.3 is 19.7 Å². The third kappa shape index (κ3) is 5.82. The molecule has 1 saturated heterocycles. The van der Waals surface area contributed by atoms with E-state index in [-0.39, 0.29) is 11.3 Å². The highest BCUT2D eigenvalue weighted by molar-refractivity contribution is 5.96. The molecule has 32 heavy (non-hydrogen) atoms. The van der Waals surface area contributed by atoms with Crippen molar-refractivity contribution in [1.29, 1.82) is 0 Å². The minimum absolute atomic E-state index is 0.0207. The van der Waals surface area contributed by atoms with Crippen LogP contribution in [0.3, 0.4) is 0 Å². The zero-order valence-electron chi connectivity index (χ0n) is 18.4. The molecule has 1 fully saturated rings. The molecule has 1 heterocycles. The lowest BCUT2D eigenvalue weighted by Gasteiger charge is -2.28. The maximum Gasteiger partial charge on any atom is 0.338 e. The summed E-state index contributed by atoms with van der Waals surface area (Å²) in [6, 6.07) is 11.6. The van der Waals surface area contributed by atoms with Crippen LogP contribution in [-0.2, 0) is 19.7 Å². The number of benzene rings is 2. The van der Waals surface area contributed by atoms with Crippen molar-refractivity contribution in [1.82, 2.24) is 0 Å². The van der Waals surface area contributed by atoms with Gasteiger partial charge in [0.1, 0.15) is 0 Å². The summed E-state index contributed by atoms with van der Waals surface area (Å²) in [7, 11) is 0. The molecule has 3 rings (SSSR count). The van der Waals surface area contributed by atoms with Crippen LogP contribution in [0.5, 0.6) is 0 Å². The molecule has 2 aromatic rings. The van der Waals surface area contributed by atoms with Crippen LogP contribution in [0.4, 0.5) is 17.1 Å². The summed E-state index contributed by atoms with van der Waals surface area (Å²) in [6.07, 6.45) is 0. The number of anilines is 2. The number of esters is 1. The van der Waals surface area contributed by atoms with Gasteiger partial charge in [-0.15, -0.1) is 0 Å². The molecule has 9 heteroatoms. The van der Waals surface area contributed by atoms with E-state index in [0.29, 0.717) is 24.5 Å². The molecule has 1 aliphatic rings. The Hall–Kier alpha value is -3.46. The predicted octanol–water partition coefficient (Wildman–Crippen LogP) is 3.52. The highest BCUT2D eigenvalue weighted by atomic mass is 16.6. The Morgan fingerprint density at radius 3 is 2.38 bits per heavy atom. The van der Waals surface area contributed by atoms with E-state index in [4.69, 9.17) is 9.47 Å². The van der Waals surface area contributed by atoms with Crippen molar-refractivity contribution >= 4 is 28.9 Å². The van der Waals surface area contributed by atoms with E-state index < -0.39 is 28.8 Å². The normalized spacial score (nSPS) is 14.0. The van der Waals surface area contributed by atoms with Gasteiger partial charge in [-0.3, -0.25) is 14.9 Å². The second kappa shape index (κ2) is 9.78. The third-order valence-electron chi connectivity index (χ3n) is 5.10. The molecule has 1 N–H and O–H groups in total. The van der Waals surface area contributed by atoms with Crippen molar-refractivity contribution < 1.29 is 24.0 Å². The second-order valence-electron chi connectivity index (χ2n) is 8.51. The number of nitro groups is 1. The first kappa shape index (κ1) is 23.2. The molecule has 0 aromatic heterocycles. The summed E-state index contributed by atoms with van der Waals surface area (Å²) in [4.78, 5) is 37.6. The molecular weight excluding hydrogens is 414 g/mol. The molecule has 9 nitrogen and oxygen atoms in total. The monoisotopic (exact) mass is 441 g/mol. The Labute approximate surface area is 186 Å². The lowest BCUT2D eigenvalue weighted by Crippen LogP contribution is -2.36. The van der Waals surface area contributed by atoms with Gasteiger partial charge in [0.25, 0.3) is 11.6 Å². The molecule has 0 bridgehead atoms. The minimum atomic E-state index is -0.800. The maximum atomic E-state index is 12.3. The fourth-order valence-corrected chi connectivity index (χ4v) is 3.43. The highest BCUT2D eigenvalue weighted by Crippen LogP contribution is 2.32. The molecule has 170 valence electrons. The van der Waals surface area contributed by atoms with Crippen LogP contribution >= 0.6 is 0 Å². The van der Waals surface area contributed by atoms with Crippen LogP contribution in [0.1, 0.15) is 36.7 Å². The lowest BCUT2D eigenvalue weighted by atomic mass is 9.85. The number of carbonyl (C=O) groups excluding carboxylic acids is 2. The number of ether oxygens (including phenoxy) is 2. The molecule has 0 radical (unpaired) electrons. The van der Waals surface area contributed by atoms with Crippen molar-refractivity contribution in [2.45, 2.75) is 26.2 Å². The van der Waals surface area contributed by atoms with Crippen LogP contribution in [0, 0.1) is 10.1 Å². The van der Waals surface area contributed by atoms with E-state index in [9.17, 15) is 19.7 Å². The van der Waals surface area contributed by atoms with Crippen LogP contribution in [0.2, 0.25) is 0 Å². The van der Waals surface area contributed by atoms with Gasteiger partial charge in [-0.1, -0.05) is 26.8 Å². The molecule has 2 aromatic carbocycles. The van der Waals surface area contributed by atoms with Crippen molar-refractivity contribution in [3.63, 3.8) is 0 Å². The van der Waals surface area contributed by atoms with Crippen LogP contribution in [0.25, 0.3) is 0 Å². The fraction of sp³-hybridized carbons (Fsp3) is 0.391. The van der Waals surface area contributed by atoms with Gasteiger partial charge in [-0.05, 0) is 35.7 Å². The van der Waals surface area contributed by atoms with Crippen molar-refractivity contribution in [3.05, 3.63) is 63.7 Å². The SMILES string of the molecule is CC(C)(C)c1ccc(C(=O)OCC(=O)Nc2ccc(N3CCOCC3)cc2)cc1[N+](=O)[O-]. The molecule has 1 aliphatic heterocycles. The van der Waals surface area contributed by atoms with Gasteiger partial charge in [0.15, 0.2) is 6.61 Å². The van der Waals surface area contributed by atoms with E-state index in [1.165, 1.54) is 12.1 Å². The van der Waals surface area contributed by atoms with E-state index in [0.717, 1.165) is 18.8 Å². The summed E-state index contributed by atoms with van der Waals surface area (Å²) >= 11 is 0. The number of hydrogen-bond acceptors (Lipinski definition) is 7. The van der Waals surface area contributed by atoms with Crippen LogP contribution in [-0.4, -0.2) is 49.7 Å². The summed E-state index contributed by atoms with van der Waals surface area (Å²) in [5.74, 6) is -1.30. The quantitative estimate of drug-likeness (QED) is 0.415. The highest BCUT2D eigenvalue weighted by Gasteiger charge is 2.26.